The highest BCUT2D eigenvalue weighted by molar-refractivity contribution is 9.09. The summed E-state index contributed by atoms with van der Waals surface area (Å²) in [5.41, 5.74) is 0.547. The molecule has 9 nitrogen and oxygen atoms in total. The van der Waals surface area contributed by atoms with Crippen LogP contribution in [0.25, 0.3) is 0 Å². The van der Waals surface area contributed by atoms with Gasteiger partial charge in [-0.2, -0.15) is 0 Å². The second-order valence-corrected chi connectivity index (χ2v) is 12.1. The van der Waals surface area contributed by atoms with Crippen LogP contribution in [0, 0.1) is 11.8 Å². The maximum Gasteiger partial charge on any atom is 0.253 e. The molecule has 3 aliphatic rings. The number of carbonyl (C=O) groups is 3. The Labute approximate surface area is 251 Å². The van der Waals surface area contributed by atoms with Gasteiger partial charge in [-0.15, -0.1) is 13.2 Å². The van der Waals surface area contributed by atoms with Crippen molar-refractivity contribution in [3.8, 4) is 0 Å². The molecule has 3 unspecified atom stereocenters. The molecule has 0 saturated carbocycles. The van der Waals surface area contributed by atoms with Gasteiger partial charge in [0.1, 0.15) is 11.6 Å². The summed E-state index contributed by atoms with van der Waals surface area (Å²) in [5.74, 6) is -2.33. The van der Waals surface area contributed by atoms with E-state index in [0.717, 1.165) is 25.2 Å². The number of likely N-dealkylation sites (tertiary alicyclic amines) is 1. The van der Waals surface area contributed by atoms with Gasteiger partial charge in [-0.25, -0.2) is 0 Å². The molecule has 3 aliphatic heterocycles. The Balaban J connectivity index is 1.74. The topological polar surface area (TPSA) is 93.6 Å². The zero-order valence-electron chi connectivity index (χ0n) is 24.4. The predicted molar refractivity (Wildman–Crippen MR) is 164 cm³/mol. The van der Waals surface area contributed by atoms with Gasteiger partial charge in [0.25, 0.3) is 5.91 Å². The number of alkyl halides is 1. The smallest absolute Gasteiger partial charge is 0.253 e. The van der Waals surface area contributed by atoms with Gasteiger partial charge in [0, 0.05) is 55.5 Å². The van der Waals surface area contributed by atoms with E-state index in [2.05, 4.69) is 47.8 Å². The van der Waals surface area contributed by atoms with Crippen LogP contribution in [-0.2, 0) is 19.1 Å². The number of hydrogen-bond acceptors (Lipinski definition) is 6. The largest absolute Gasteiger partial charge is 0.395 e. The van der Waals surface area contributed by atoms with Crippen molar-refractivity contribution in [2.75, 3.05) is 55.7 Å². The van der Waals surface area contributed by atoms with Gasteiger partial charge in [-0.3, -0.25) is 14.4 Å². The first kappa shape index (κ1) is 31.3. The molecule has 3 heterocycles. The van der Waals surface area contributed by atoms with Crippen molar-refractivity contribution in [3.63, 3.8) is 0 Å². The van der Waals surface area contributed by atoms with Gasteiger partial charge in [0.05, 0.1) is 24.5 Å². The number of halogens is 1. The van der Waals surface area contributed by atoms with Gasteiger partial charge < -0.3 is 29.4 Å². The number of aliphatic hydroxyl groups excluding tert-OH is 1. The molecule has 3 fully saturated rings. The lowest BCUT2D eigenvalue weighted by Gasteiger charge is -2.37. The Morgan fingerprint density at radius 3 is 2.29 bits per heavy atom. The van der Waals surface area contributed by atoms with Crippen molar-refractivity contribution < 1.29 is 24.2 Å². The standard InChI is InChI=1S/C31H43BrN4O5/c1-6-15-34(16-7-2)28(38)24-25-29(39)36(18-19-37)27(31(25)20-23(32)26(24)41-31)30(40)35(17-8-3)22-13-11-21(12-14-22)33(9-4)10-5/h6,8,11-14,23-27,37H,1,3,7,9-10,15-20H2,2,4-5H3/t23?,24-,25-,26-,27?,31?/m0/s1. The van der Waals surface area contributed by atoms with Gasteiger partial charge in [0.2, 0.25) is 11.8 Å². The number of aliphatic hydroxyl groups is 1. The highest BCUT2D eigenvalue weighted by atomic mass is 79.9. The summed E-state index contributed by atoms with van der Waals surface area (Å²) in [7, 11) is 0. The first-order chi connectivity index (χ1) is 19.7. The summed E-state index contributed by atoms with van der Waals surface area (Å²) in [5, 5.41) is 9.94. The van der Waals surface area contributed by atoms with E-state index < -0.39 is 29.6 Å². The summed E-state index contributed by atoms with van der Waals surface area (Å²) in [4.78, 5) is 49.3. The molecule has 41 heavy (non-hydrogen) atoms. The van der Waals surface area contributed by atoms with Crippen molar-refractivity contribution in [2.45, 2.75) is 56.2 Å². The normalized spacial score (nSPS) is 28.0. The number of rotatable bonds is 14. The molecular weight excluding hydrogens is 588 g/mol. The lowest BCUT2D eigenvalue weighted by Crippen LogP contribution is -2.57. The number of carbonyl (C=O) groups excluding carboxylic acids is 3. The molecular formula is C31H43BrN4O5. The van der Waals surface area contributed by atoms with Gasteiger partial charge >= 0.3 is 0 Å². The van der Waals surface area contributed by atoms with Crippen LogP contribution in [0.2, 0.25) is 0 Å². The van der Waals surface area contributed by atoms with Gasteiger partial charge in [0.15, 0.2) is 0 Å². The quantitative estimate of drug-likeness (QED) is 0.251. The predicted octanol–water partition coefficient (Wildman–Crippen LogP) is 3.22. The van der Waals surface area contributed by atoms with Crippen molar-refractivity contribution in [3.05, 3.63) is 49.6 Å². The Morgan fingerprint density at radius 2 is 1.73 bits per heavy atom. The van der Waals surface area contributed by atoms with E-state index in [4.69, 9.17) is 4.74 Å². The van der Waals surface area contributed by atoms with E-state index in [1.165, 1.54) is 4.90 Å². The molecule has 0 aliphatic carbocycles. The molecule has 1 aromatic carbocycles. The van der Waals surface area contributed by atoms with Crippen molar-refractivity contribution in [1.29, 1.82) is 0 Å². The molecule has 0 aromatic heterocycles. The van der Waals surface area contributed by atoms with Crippen LogP contribution in [0.4, 0.5) is 11.4 Å². The van der Waals surface area contributed by atoms with Gasteiger partial charge in [-0.1, -0.05) is 35.0 Å². The van der Waals surface area contributed by atoms with Crippen molar-refractivity contribution in [1.82, 2.24) is 9.80 Å². The number of fused-ring (bicyclic) bond motifs is 1. The zero-order chi connectivity index (χ0) is 29.9. The number of ether oxygens (including phenoxy) is 1. The highest BCUT2D eigenvalue weighted by Gasteiger charge is 2.76. The molecule has 3 saturated heterocycles. The Morgan fingerprint density at radius 1 is 1.10 bits per heavy atom. The molecule has 1 aromatic rings. The summed E-state index contributed by atoms with van der Waals surface area (Å²) in [6.07, 6.45) is 3.98. The van der Waals surface area contributed by atoms with Crippen LogP contribution in [0.3, 0.4) is 0 Å². The molecule has 2 bridgehead atoms. The maximum absolute atomic E-state index is 14.5. The summed E-state index contributed by atoms with van der Waals surface area (Å²) in [6, 6.07) is 6.79. The van der Waals surface area contributed by atoms with Crippen LogP contribution >= 0.6 is 15.9 Å². The Bertz CT molecular complexity index is 1140. The molecule has 10 heteroatoms. The monoisotopic (exact) mass is 630 g/mol. The fraction of sp³-hybridized carbons (Fsp3) is 0.581. The third kappa shape index (κ3) is 5.34. The summed E-state index contributed by atoms with van der Waals surface area (Å²) < 4.78 is 6.62. The van der Waals surface area contributed by atoms with Gasteiger partial charge in [-0.05, 0) is 51.0 Å². The van der Waals surface area contributed by atoms with Crippen molar-refractivity contribution >= 4 is 45.0 Å². The second kappa shape index (κ2) is 13.1. The summed E-state index contributed by atoms with van der Waals surface area (Å²) >= 11 is 3.72. The Hall–Kier alpha value is -2.69. The first-order valence-corrected chi connectivity index (χ1v) is 15.6. The van der Waals surface area contributed by atoms with Crippen LogP contribution in [-0.4, -0.2) is 101 Å². The molecule has 224 valence electrons. The van der Waals surface area contributed by atoms with E-state index in [9.17, 15) is 19.5 Å². The van der Waals surface area contributed by atoms with Crippen molar-refractivity contribution in [2.24, 2.45) is 11.8 Å². The lowest BCUT2D eigenvalue weighted by molar-refractivity contribution is -0.145. The number of hydrogen-bond donors (Lipinski definition) is 1. The van der Waals surface area contributed by atoms with Crippen LogP contribution in [0.1, 0.15) is 33.6 Å². The fourth-order valence-electron chi connectivity index (χ4n) is 7.00. The van der Waals surface area contributed by atoms with E-state index in [1.54, 1.807) is 22.0 Å². The Kier molecular flexibility index (Phi) is 9.97. The minimum absolute atomic E-state index is 0.0243. The molecule has 3 amide bonds. The fourth-order valence-corrected chi connectivity index (χ4v) is 7.94. The van der Waals surface area contributed by atoms with E-state index in [-0.39, 0.29) is 42.2 Å². The third-order valence-corrected chi connectivity index (χ3v) is 9.52. The average molecular weight is 632 g/mol. The van der Waals surface area contributed by atoms with Crippen LogP contribution in [0.5, 0.6) is 0 Å². The first-order valence-electron chi connectivity index (χ1n) is 14.6. The highest BCUT2D eigenvalue weighted by Crippen LogP contribution is 2.60. The van der Waals surface area contributed by atoms with Crippen LogP contribution < -0.4 is 9.80 Å². The number of β-amino-alcohol motifs (C(OH)–C–C–N with tert-alkyl or cyclic N) is 1. The molecule has 1 N–H and O–H groups in total. The molecule has 6 atom stereocenters. The van der Waals surface area contributed by atoms with E-state index >= 15 is 0 Å². The number of anilines is 2. The SMILES string of the molecule is C=CCN(CCC)C(=O)[C@H]1[C@H]2C(=O)N(CCO)C(C(=O)N(CC=C)c3ccc(N(CC)CC)cc3)C23CC(Br)[C@@H]1O3. The number of amides is 3. The summed E-state index contributed by atoms with van der Waals surface area (Å²) in [6.45, 7) is 16.4. The third-order valence-electron chi connectivity index (χ3n) is 8.67. The number of nitrogens with zero attached hydrogens (tertiary/aromatic N) is 4. The number of benzene rings is 1. The minimum Gasteiger partial charge on any atom is -0.395 e. The molecule has 1 spiro atoms. The second-order valence-electron chi connectivity index (χ2n) is 10.9. The molecule has 4 rings (SSSR count). The van der Waals surface area contributed by atoms with E-state index in [1.807, 2.05) is 31.2 Å². The molecule has 0 radical (unpaired) electrons. The average Bonchev–Trinajstić information content (AvgIpc) is 3.55. The van der Waals surface area contributed by atoms with Crippen LogP contribution in [0.15, 0.2) is 49.6 Å². The minimum atomic E-state index is -1.19. The van der Waals surface area contributed by atoms with E-state index in [0.29, 0.717) is 25.2 Å². The maximum atomic E-state index is 14.5. The lowest BCUT2D eigenvalue weighted by atomic mass is 9.70. The zero-order valence-corrected chi connectivity index (χ0v) is 26.0.